The number of carbonyl (C=O) groups is 1. The Bertz CT molecular complexity index is 415. The summed E-state index contributed by atoms with van der Waals surface area (Å²) >= 11 is 0. The van der Waals surface area contributed by atoms with E-state index in [4.69, 9.17) is 4.74 Å². The molecular formula is C15H23NO2. The van der Waals surface area contributed by atoms with Crippen molar-refractivity contribution < 1.29 is 9.53 Å². The number of ether oxygens (including phenoxy) is 1. The van der Waals surface area contributed by atoms with E-state index in [2.05, 4.69) is 0 Å². The van der Waals surface area contributed by atoms with Gasteiger partial charge in [-0.25, -0.2) is 0 Å². The Morgan fingerprint density at radius 2 is 2.00 bits per heavy atom. The number of hydrogen-bond donors (Lipinski definition) is 0. The maximum absolute atomic E-state index is 12.6. The Morgan fingerprint density at radius 3 is 2.50 bits per heavy atom. The zero-order valence-corrected chi connectivity index (χ0v) is 12.0. The molecule has 18 heavy (non-hydrogen) atoms. The van der Waals surface area contributed by atoms with E-state index in [1.165, 1.54) is 0 Å². The molecule has 3 heteroatoms. The first kappa shape index (κ1) is 14.7. The van der Waals surface area contributed by atoms with Crippen LogP contribution in [0.2, 0.25) is 0 Å². The lowest BCUT2D eigenvalue weighted by atomic mass is 9.87. The van der Waals surface area contributed by atoms with Crippen molar-refractivity contribution in [3.63, 3.8) is 0 Å². The third kappa shape index (κ3) is 2.91. The summed E-state index contributed by atoms with van der Waals surface area (Å²) in [4.78, 5) is 14.6. The second-order valence-corrected chi connectivity index (χ2v) is 4.81. The Kier molecular flexibility index (Phi) is 4.91. The van der Waals surface area contributed by atoms with Gasteiger partial charge in [-0.2, -0.15) is 0 Å². The second-order valence-electron chi connectivity index (χ2n) is 4.81. The lowest BCUT2D eigenvalue weighted by Crippen LogP contribution is -2.48. The van der Waals surface area contributed by atoms with E-state index in [0.717, 1.165) is 12.2 Å². The van der Waals surface area contributed by atoms with Crippen molar-refractivity contribution in [3.05, 3.63) is 29.8 Å². The van der Waals surface area contributed by atoms with Crippen LogP contribution >= 0.6 is 0 Å². The maximum Gasteiger partial charge on any atom is 0.182 e. The number of rotatable bonds is 6. The highest BCUT2D eigenvalue weighted by Gasteiger charge is 2.34. The van der Waals surface area contributed by atoms with E-state index in [9.17, 15) is 4.79 Å². The minimum atomic E-state index is -0.467. The number of carbonyl (C=O) groups excluding carboxylic acids is 1. The molecule has 0 radical (unpaired) electrons. The van der Waals surface area contributed by atoms with Crippen molar-refractivity contribution in [2.45, 2.75) is 32.7 Å². The van der Waals surface area contributed by atoms with E-state index in [1.807, 2.05) is 64.0 Å². The van der Waals surface area contributed by atoms with Gasteiger partial charge in [0.25, 0.3) is 0 Å². The molecule has 100 valence electrons. The Balaban J connectivity index is 3.06. The molecular weight excluding hydrogens is 226 g/mol. The lowest BCUT2D eigenvalue weighted by molar-refractivity contribution is 0.0710. The summed E-state index contributed by atoms with van der Waals surface area (Å²) in [7, 11) is 3.88. The zero-order chi connectivity index (χ0) is 13.8. The van der Waals surface area contributed by atoms with E-state index in [0.29, 0.717) is 12.2 Å². The van der Waals surface area contributed by atoms with Gasteiger partial charge in [-0.3, -0.25) is 9.69 Å². The van der Waals surface area contributed by atoms with Crippen LogP contribution in [-0.4, -0.2) is 36.9 Å². The van der Waals surface area contributed by atoms with Crippen LogP contribution in [0.25, 0.3) is 0 Å². The molecule has 0 bridgehead atoms. The van der Waals surface area contributed by atoms with Gasteiger partial charge in [0.15, 0.2) is 5.78 Å². The Labute approximate surface area is 110 Å². The summed E-state index contributed by atoms with van der Waals surface area (Å²) in [6, 6.07) is 7.41. The summed E-state index contributed by atoms with van der Waals surface area (Å²) < 4.78 is 5.44. The SMILES string of the molecule is CCOc1cccc(C(=O)C(C)(CC)N(C)C)c1. The van der Waals surface area contributed by atoms with Crippen LogP contribution in [0.3, 0.4) is 0 Å². The fraction of sp³-hybridized carbons (Fsp3) is 0.533. The van der Waals surface area contributed by atoms with Crippen LogP contribution in [0.1, 0.15) is 37.6 Å². The first-order valence-electron chi connectivity index (χ1n) is 6.40. The van der Waals surface area contributed by atoms with Crippen molar-refractivity contribution in [1.82, 2.24) is 4.90 Å². The summed E-state index contributed by atoms with van der Waals surface area (Å²) in [5.74, 6) is 0.886. The number of hydrogen-bond acceptors (Lipinski definition) is 3. The molecule has 1 unspecified atom stereocenters. The average Bonchev–Trinajstić information content (AvgIpc) is 2.37. The van der Waals surface area contributed by atoms with Gasteiger partial charge in [-0.05, 0) is 46.5 Å². The van der Waals surface area contributed by atoms with E-state index >= 15 is 0 Å². The minimum absolute atomic E-state index is 0.136. The first-order valence-corrected chi connectivity index (χ1v) is 6.40. The van der Waals surface area contributed by atoms with Crippen molar-refractivity contribution in [1.29, 1.82) is 0 Å². The highest BCUT2D eigenvalue weighted by Crippen LogP contribution is 2.24. The number of ketones is 1. The topological polar surface area (TPSA) is 29.5 Å². The number of Topliss-reactive ketones (excluding diaryl/α,β-unsaturated/α-hetero) is 1. The minimum Gasteiger partial charge on any atom is -0.494 e. The molecule has 0 fully saturated rings. The zero-order valence-electron chi connectivity index (χ0n) is 12.0. The summed E-state index contributed by atoms with van der Waals surface area (Å²) in [5.41, 5.74) is 0.240. The molecule has 3 nitrogen and oxygen atoms in total. The molecule has 0 aliphatic carbocycles. The molecule has 0 heterocycles. The molecule has 0 saturated carbocycles. The maximum atomic E-state index is 12.6. The highest BCUT2D eigenvalue weighted by molar-refractivity contribution is 6.03. The third-order valence-electron chi connectivity index (χ3n) is 3.57. The second kappa shape index (κ2) is 6.01. The van der Waals surface area contributed by atoms with Gasteiger partial charge in [-0.1, -0.05) is 19.1 Å². The largest absolute Gasteiger partial charge is 0.494 e. The van der Waals surface area contributed by atoms with Crippen LogP contribution in [-0.2, 0) is 0 Å². The number of benzene rings is 1. The van der Waals surface area contributed by atoms with Crippen LogP contribution in [0, 0.1) is 0 Å². The van der Waals surface area contributed by atoms with Gasteiger partial charge in [-0.15, -0.1) is 0 Å². The first-order chi connectivity index (χ1) is 8.45. The van der Waals surface area contributed by atoms with Gasteiger partial charge in [0.05, 0.1) is 12.1 Å². The molecule has 0 aromatic heterocycles. The van der Waals surface area contributed by atoms with Gasteiger partial charge in [0.2, 0.25) is 0 Å². The molecule has 0 spiro atoms. The summed E-state index contributed by atoms with van der Waals surface area (Å²) in [6.45, 7) is 6.55. The molecule has 1 aromatic carbocycles. The molecule has 0 aliphatic rings. The Hall–Kier alpha value is -1.35. The standard InChI is InChI=1S/C15H23NO2/c1-6-15(3,16(4)5)14(17)12-9-8-10-13(11-12)18-7-2/h8-11H,6-7H2,1-5H3. The van der Waals surface area contributed by atoms with Crippen molar-refractivity contribution in [2.75, 3.05) is 20.7 Å². The van der Waals surface area contributed by atoms with Crippen LogP contribution in [0.15, 0.2) is 24.3 Å². The molecule has 0 aliphatic heterocycles. The van der Waals surface area contributed by atoms with E-state index < -0.39 is 5.54 Å². The normalized spacial score (nSPS) is 14.3. The van der Waals surface area contributed by atoms with Crippen LogP contribution < -0.4 is 4.74 Å². The van der Waals surface area contributed by atoms with Crippen molar-refractivity contribution in [2.24, 2.45) is 0 Å². The van der Waals surface area contributed by atoms with E-state index in [1.54, 1.807) is 0 Å². The van der Waals surface area contributed by atoms with Crippen LogP contribution in [0.5, 0.6) is 5.75 Å². The van der Waals surface area contributed by atoms with Gasteiger partial charge < -0.3 is 4.74 Å². The van der Waals surface area contributed by atoms with Gasteiger partial charge in [0.1, 0.15) is 5.75 Å². The predicted octanol–water partition coefficient (Wildman–Crippen LogP) is 3.00. The monoisotopic (exact) mass is 249 g/mol. The third-order valence-corrected chi connectivity index (χ3v) is 3.57. The molecule has 0 amide bonds. The predicted molar refractivity (Wildman–Crippen MR) is 74.3 cm³/mol. The fourth-order valence-corrected chi connectivity index (χ4v) is 1.88. The average molecular weight is 249 g/mol. The van der Waals surface area contributed by atoms with Gasteiger partial charge >= 0.3 is 0 Å². The molecule has 0 N–H and O–H groups in total. The molecule has 1 atom stereocenters. The van der Waals surface area contributed by atoms with E-state index in [-0.39, 0.29) is 5.78 Å². The van der Waals surface area contributed by atoms with Crippen LogP contribution in [0.4, 0.5) is 0 Å². The Morgan fingerprint density at radius 1 is 1.33 bits per heavy atom. The number of nitrogens with zero attached hydrogens (tertiary/aromatic N) is 1. The quantitative estimate of drug-likeness (QED) is 0.726. The van der Waals surface area contributed by atoms with Gasteiger partial charge in [0, 0.05) is 5.56 Å². The summed E-state index contributed by atoms with van der Waals surface area (Å²) in [5, 5.41) is 0. The smallest absolute Gasteiger partial charge is 0.182 e. The highest BCUT2D eigenvalue weighted by atomic mass is 16.5. The van der Waals surface area contributed by atoms with Crippen molar-refractivity contribution >= 4 is 5.78 Å². The lowest BCUT2D eigenvalue weighted by Gasteiger charge is -2.34. The summed E-state index contributed by atoms with van der Waals surface area (Å²) in [6.07, 6.45) is 0.775. The molecule has 1 aromatic rings. The molecule has 0 saturated heterocycles. The molecule has 1 rings (SSSR count). The number of likely N-dealkylation sites (N-methyl/N-ethyl adjacent to an activating group) is 1. The fourth-order valence-electron chi connectivity index (χ4n) is 1.88. The van der Waals surface area contributed by atoms with Crippen molar-refractivity contribution in [3.8, 4) is 5.75 Å².